The van der Waals surface area contributed by atoms with Gasteiger partial charge in [-0.3, -0.25) is 9.59 Å². The van der Waals surface area contributed by atoms with Crippen molar-refractivity contribution in [1.82, 2.24) is 0 Å². The van der Waals surface area contributed by atoms with Gasteiger partial charge in [-0.1, -0.05) is 12.1 Å². The molecule has 0 aliphatic heterocycles. The number of fused-ring (bicyclic) bond motifs is 2. The van der Waals surface area contributed by atoms with Gasteiger partial charge in [0.15, 0.2) is 0 Å². The molecule has 0 unspecified atom stereocenters. The van der Waals surface area contributed by atoms with Gasteiger partial charge in [0.25, 0.3) is 0 Å². The van der Waals surface area contributed by atoms with E-state index in [1.807, 2.05) is 38.1 Å². The van der Waals surface area contributed by atoms with Crippen molar-refractivity contribution in [1.29, 1.82) is 0 Å². The molecule has 0 saturated heterocycles. The number of esters is 2. The molecule has 0 radical (unpaired) electrons. The average molecular weight is 322 g/mol. The van der Waals surface area contributed by atoms with Crippen LogP contribution >= 0.6 is 0 Å². The highest BCUT2D eigenvalue weighted by Gasteiger charge is 2.12. The zero-order valence-electron chi connectivity index (χ0n) is 14.1. The van der Waals surface area contributed by atoms with Gasteiger partial charge in [-0.2, -0.15) is 0 Å². The van der Waals surface area contributed by atoms with Crippen LogP contribution in [0.4, 0.5) is 0 Å². The van der Waals surface area contributed by atoms with Crippen molar-refractivity contribution in [3.8, 4) is 11.5 Å². The molecule has 0 spiro atoms. The number of hydrogen-bond acceptors (Lipinski definition) is 4. The van der Waals surface area contributed by atoms with Crippen molar-refractivity contribution >= 4 is 33.5 Å². The number of carbonyl (C=O) groups excluding carboxylic acids is 2. The number of aryl methyl sites for hydroxylation is 2. The lowest BCUT2D eigenvalue weighted by atomic mass is 9.93. The van der Waals surface area contributed by atoms with Gasteiger partial charge >= 0.3 is 11.9 Å². The fraction of sp³-hybridized carbons (Fsp3) is 0.200. The fourth-order valence-electron chi connectivity index (χ4n) is 3.07. The Bertz CT molecular complexity index is 905. The van der Waals surface area contributed by atoms with Crippen LogP contribution in [-0.4, -0.2) is 11.9 Å². The van der Waals surface area contributed by atoms with E-state index in [9.17, 15) is 9.59 Å². The minimum atomic E-state index is -0.337. The van der Waals surface area contributed by atoms with E-state index < -0.39 is 0 Å². The van der Waals surface area contributed by atoms with Crippen molar-refractivity contribution < 1.29 is 19.1 Å². The number of benzene rings is 3. The summed E-state index contributed by atoms with van der Waals surface area (Å²) in [6.45, 7) is 6.85. The lowest BCUT2D eigenvalue weighted by molar-refractivity contribution is -0.132. The molecule has 0 saturated carbocycles. The Morgan fingerprint density at radius 3 is 1.38 bits per heavy atom. The van der Waals surface area contributed by atoms with E-state index in [1.54, 1.807) is 12.1 Å². The molecule has 4 nitrogen and oxygen atoms in total. The topological polar surface area (TPSA) is 52.6 Å². The van der Waals surface area contributed by atoms with Gasteiger partial charge in [0.2, 0.25) is 0 Å². The molecule has 0 N–H and O–H groups in total. The predicted octanol–water partition coefficient (Wildman–Crippen LogP) is 4.46. The highest BCUT2D eigenvalue weighted by Crippen LogP contribution is 2.35. The second-order valence-corrected chi connectivity index (χ2v) is 5.85. The Hall–Kier alpha value is -2.88. The molecule has 0 aliphatic carbocycles. The summed E-state index contributed by atoms with van der Waals surface area (Å²) in [7, 11) is 0. The van der Waals surface area contributed by atoms with Crippen LogP contribution < -0.4 is 9.47 Å². The summed E-state index contributed by atoms with van der Waals surface area (Å²) in [4.78, 5) is 22.4. The standard InChI is InChI=1S/C20H18O4/c1-11-17-7-5-16(24-14(4)22)10-20(17)12(2)18-8-6-15(9-19(11)18)23-13(3)21/h5-10H,1-4H3. The first-order chi connectivity index (χ1) is 11.4. The van der Waals surface area contributed by atoms with E-state index in [2.05, 4.69) is 0 Å². The van der Waals surface area contributed by atoms with E-state index in [4.69, 9.17) is 9.47 Å². The zero-order valence-corrected chi connectivity index (χ0v) is 14.1. The molecule has 24 heavy (non-hydrogen) atoms. The molecule has 0 bridgehead atoms. The van der Waals surface area contributed by atoms with Crippen molar-refractivity contribution in [3.05, 3.63) is 47.5 Å². The van der Waals surface area contributed by atoms with Crippen molar-refractivity contribution in [2.45, 2.75) is 27.7 Å². The van der Waals surface area contributed by atoms with Gasteiger partial charge in [-0.25, -0.2) is 0 Å². The third-order valence-electron chi connectivity index (χ3n) is 4.12. The number of ether oxygens (including phenoxy) is 2. The highest BCUT2D eigenvalue weighted by atomic mass is 16.5. The first kappa shape index (κ1) is 16.0. The maximum atomic E-state index is 11.2. The van der Waals surface area contributed by atoms with Gasteiger partial charge in [-0.15, -0.1) is 0 Å². The van der Waals surface area contributed by atoms with Crippen LogP contribution in [0.25, 0.3) is 21.5 Å². The van der Waals surface area contributed by atoms with Crippen LogP contribution in [-0.2, 0) is 9.59 Å². The van der Waals surface area contributed by atoms with E-state index in [1.165, 1.54) is 13.8 Å². The molecular formula is C20H18O4. The lowest BCUT2D eigenvalue weighted by Crippen LogP contribution is -2.02. The molecule has 0 aliphatic rings. The molecular weight excluding hydrogens is 304 g/mol. The second kappa shape index (κ2) is 5.96. The number of carbonyl (C=O) groups is 2. The third-order valence-corrected chi connectivity index (χ3v) is 4.12. The average Bonchev–Trinajstić information content (AvgIpc) is 2.51. The van der Waals surface area contributed by atoms with E-state index in [0.29, 0.717) is 11.5 Å². The largest absolute Gasteiger partial charge is 0.427 e. The normalized spacial score (nSPS) is 10.8. The summed E-state index contributed by atoms with van der Waals surface area (Å²) >= 11 is 0. The molecule has 3 aromatic carbocycles. The molecule has 0 aromatic heterocycles. The van der Waals surface area contributed by atoms with Crippen molar-refractivity contribution in [2.24, 2.45) is 0 Å². The van der Waals surface area contributed by atoms with Gasteiger partial charge in [0.05, 0.1) is 0 Å². The maximum absolute atomic E-state index is 11.2. The minimum Gasteiger partial charge on any atom is -0.427 e. The summed E-state index contributed by atoms with van der Waals surface area (Å²) in [5.41, 5.74) is 2.18. The summed E-state index contributed by atoms with van der Waals surface area (Å²) in [6.07, 6.45) is 0. The van der Waals surface area contributed by atoms with E-state index in [-0.39, 0.29) is 11.9 Å². The smallest absolute Gasteiger partial charge is 0.308 e. The Balaban J connectivity index is 2.26. The summed E-state index contributed by atoms with van der Waals surface area (Å²) < 4.78 is 10.4. The van der Waals surface area contributed by atoms with Crippen molar-refractivity contribution in [2.75, 3.05) is 0 Å². The van der Waals surface area contributed by atoms with Gasteiger partial charge in [-0.05, 0) is 70.8 Å². The quantitative estimate of drug-likeness (QED) is 0.397. The van der Waals surface area contributed by atoms with Crippen LogP contribution in [0.3, 0.4) is 0 Å². The number of rotatable bonds is 2. The van der Waals surface area contributed by atoms with Crippen LogP contribution in [0.5, 0.6) is 11.5 Å². The second-order valence-electron chi connectivity index (χ2n) is 5.85. The summed E-state index contributed by atoms with van der Waals surface area (Å²) in [5.74, 6) is 0.396. The Morgan fingerprint density at radius 2 is 1.04 bits per heavy atom. The number of hydrogen-bond donors (Lipinski definition) is 0. The maximum Gasteiger partial charge on any atom is 0.308 e. The van der Waals surface area contributed by atoms with Crippen LogP contribution in [0.1, 0.15) is 25.0 Å². The monoisotopic (exact) mass is 322 g/mol. The molecule has 4 heteroatoms. The van der Waals surface area contributed by atoms with Crippen molar-refractivity contribution in [3.63, 3.8) is 0 Å². The summed E-state index contributed by atoms with van der Waals surface area (Å²) in [6, 6.07) is 11.3. The molecule has 0 fully saturated rings. The minimum absolute atomic E-state index is 0.337. The molecule has 0 heterocycles. The summed E-state index contributed by atoms with van der Waals surface area (Å²) in [5, 5.41) is 4.24. The first-order valence-electron chi connectivity index (χ1n) is 7.70. The van der Waals surface area contributed by atoms with E-state index in [0.717, 1.165) is 32.7 Å². The highest BCUT2D eigenvalue weighted by molar-refractivity contribution is 6.06. The molecule has 122 valence electrons. The Morgan fingerprint density at radius 1 is 0.667 bits per heavy atom. The predicted molar refractivity (Wildman–Crippen MR) is 93.5 cm³/mol. The lowest BCUT2D eigenvalue weighted by Gasteiger charge is -2.14. The van der Waals surface area contributed by atoms with Crippen LogP contribution in [0.2, 0.25) is 0 Å². The zero-order chi connectivity index (χ0) is 17.4. The van der Waals surface area contributed by atoms with Crippen LogP contribution in [0.15, 0.2) is 36.4 Å². The third kappa shape index (κ3) is 2.83. The molecule has 0 amide bonds. The molecule has 0 atom stereocenters. The SMILES string of the molecule is CC(=O)Oc1ccc2c(C)c3cc(OC(C)=O)ccc3c(C)c2c1. The van der Waals surface area contributed by atoms with Gasteiger partial charge < -0.3 is 9.47 Å². The Labute approximate surface area is 140 Å². The van der Waals surface area contributed by atoms with Gasteiger partial charge in [0, 0.05) is 13.8 Å². The van der Waals surface area contributed by atoms with Crippen LogP contribution in [0, 0.1) is 13.8 Å². The molecule has 3 aromatic rings. The first-order valence-corrected chi connectivity index (χ1v) is 7.70. The van der Waals surface area contributed by atoms with E-state index >= 15 is 0 Å². The molecule has 3 rings (SSSR count). The fourth-order valence-corrected chi connectivity index (χ4v) is 3.07. The Kier molecular flexibility index (Phi) is 3.97. The van der Waals surface area contributed by atoms with Gasteiger partial charge in [0.1, 0.15) is 11.5 Å².